The minimum absolute atomic E-state index is 0.0693. The zero-order valence-corrected chi connectivity index (χ0v) is 11.8. The van der Waals surface area contributed by atoms with E-state index in [4.69, 9.17) is 19.9 Å². The normalized spacial score (nSPS) is 11.8. The molecule has 20 heavy (non-hydrogen) atoms. The van der Waals surface area contributed by atoms with Gasteiger partial charge in [-0.15, -0.1) is 0 Å². The highest BCUT2D eigenvalue weighted by Crippen LogP contribution is 2.30. The molecule has 1 heterocycles. The van der Waals surface area contributed by atoms with Crippen molar-refractivity contribution in [1.82, 2.24) is 4.98 Å². The van der Waals surface area contributed by atoms with Crippen LogP contribution >= 0.6 is 0 Å². The van der Waals surface area contributed by atoms with Crippen LogP contribution in [0, 0.1) is 0 Å². The maximum Gasteiger partial charge on any atom is 0.219 e. The Kier molecular flexibility index (Phi) is 4.42. The van der Waals surface area contributed by atoms with Crippen molar-refractivity contribution in [2.75, 3.05) is 14.2 Å². The second-order valence-corrected chi connectivity index (χ2v) is 4.37. The lowest BCUT2D eigenvalue weighted by molar-refractivity contribution is 0.385. The molecule has 0 aliphatic heterocycles. The summed E-state index contributed by atoms with van der Waals surface area (Å²) in [7, 11) is 3.18. The van der Waals surface area contributed by atoms with E-state index in [1.165, 1.54) is 0 Å². The first-order chi connectivity index (χ1) is 9.62. The number of hydrogen-bond acceptors (Lipinski definition) is 5. The van der Waals surface area contributed by atoms with Crippen LogP contribution in [0.5, 0.6) is 23.1 Å². The van der Waals surface area contributed by atoms with Crippen molar-refractivity contribution in [2.24, 2.45) is 5.73 Å². The van der Waals surface area contributed by atoms with Gasteiger partial charge in [-0.2, -0.15) is 0 Å². The Morgan fingerprint density at radius 3 is 2.15 bits per heavy atom. The first-order valence-corrected chi connectivity index (χ1v) is 6.25. The molecule has 2 aromatic rings. The van der Waals surface area contributed by atoms with E-state index in [0.717, 1.165) is 5.56 Å². The summed E-state index contributed by atoms with van der Waals surface area (Å²) in [6, 6.07) is 8.92. The Bertz CT molecular complexity index is 563. The summed E-state index contributed by atoms with van der Waals surface area (Å²) in [5.41, 5.74) is 6.81. The summed E-state index contributed by atoms with van der Waals surface area (Å²) in [6.45, 7) is 1.91. The van der Waals surface area contributed by atoms with Gasteiger partial charge in [0.2, 0.25) is 5.88 Å². The summed E-state index contributed by atoms with van der Waals surface area (Å²) in [6.07, 6.45) is 1.67. The van der Waals surface area contributed by atoms with Crippen LogP contribution in [0.2, 0.25) is 0 Å². The molecular weight excluding hydrogens is 256 g/mol. The summed E-state index contributed by atoms with van der Waals surface area (Å²) in [4.78, 5) is 4.17. The highest BCUT2D eigenvalue weighted by molar-refractivity contribution is 5.43. The molecule has 0 spiro atoms. The SMILES string of the molecule is COc1cc(OC)cc(Oc2cc([C@@H](C)N)ccn2)c1. The van der Waals surface area contributed by atoms with E-state index < -0.39 is 0 Å². The first kappa shape index (κ1) is 14.1. The van der Waals surface area contributed by atoms with E-state index >= 15 is 0 Å². The van der Waals surface area contributed by atoms with Gasteiger partial charge < -0.3 is 19.9 Å². The second-order valence-electron chi connectivity index (χ2n) is 4.37. The number of rotatable bonds is 5. The number of hydrogen-bond donors (Lipinski definition) is 1. The number of methoxy groups -OCH3 is 2. The molecule has 106 valence electrons. The fourth-order valence-corrected chi connectivity index (χ4v) is 1.72. The molecule has 5 heteroatoms. The number of nitrogens with zero attached hydrogens (tertiary/aromatic N) is 1. The smallest absolute Gasteiger partial charge is 0.219 e. The van der Waals surface area contributed by atoms with Gasteiger partial charge in [-0.25, -0.2) is 4.98 Å². The Balaban J connectivity index is 2.27. The minimum atomic E-state index is -0.0693. The predicted molar refractivity (Wildman–Crippen MR) is 76.5 cm³/mol. The molecule has 1 aromatic heterocycles. The van der Waals surface area contributed by atoms with Crippen LogP contribution in [0.25, 0.3) is 0 Å². The van der Waals surface area contributed by atoms with Crippen molar-refractivity contribution in [3.05, 3.63) is 42.1 Å². The van der Waals surface area contributed by atoms with E-state index in [1.807, 2.05) is 19.1 Å². The molecule has 0 aliphatic carbocycles. The van der Waals surface area contributed by atoms with Crippen LogP contribution in [0.1, 0.15) is 18.5 Å². The first-order valence-electron chi connectivity index (χ1n) is 6.25. The van der Waals surface area contributed by atoms with Gasteiger partial charge in [0.05, 0.1) is 14.2 Å². The molecule has 0 saturated carbocycles. The molecule has 2 rings (SSSR count). The zero-order valence-electron chi connectivity index (χ0n) is 11.8. The molecule has 5 nitrogen and oxygen atoms in total. The summed E-state index contributed by atoms with van der Waals surface area (Å²) >= 11 is 0. The quantitative estimate of drug-likeness (QED) is 0.908. The molecule has 1 aromatic carbocycles. The number of nitrogens with two attached hydrogens (primary N) is 1. The average molecular weight is 274 g/mol. The molecule has 0 fully saturated rings. The maximum absolute atomic E-state index is 5.84. The second kappa shape index (κ2) is 6.25. The Morgan fingerprint density at radius 1 is 1.00 bits per heavy atom. The molecule has 0 amide bonds. The van der Waals surface area contributed by atoms with E-state index in [9.17, 15) is 0 Å². The number of pyridine rings is 1. The molecular formula is C15H18N2O3. The van der Waals surface area contributed by atoms with Gasteiger partial charge in [-0.05, 0) is 18.6 Å². The van der Waals surface area contributed by atoms with Gasteiger partial charge in [0.25, 0.3) is 0 Å². The van der Waals surface area contributed by atoms with Crippen molar-refractivity contribution in [3.63, 3.8) is 0 Å². The van der Waals surface area contributed by atoms with E-state index in [-0.39, 0.29) is 6.04 Å². The highest BCUT2D eigenvalue weighted by Gasteiger charge is 2.07. The van der Waals surface area contributed by atoms with Gasteiger partial charge in [0.15, 0.2) is 0 Å². The highest BCUT2D eigenvalue weighted by atomic mass is 16.5. The Morgan fingerprint density at radius 2 is 1.60 bits per heavy atom. The largest absolute Gasteiger partial charge is 0.496 e. The van der Waals surface area contributed by atoms with Crippen molar-refractivity contribution in [1.29, 1.82) is 0 Å². The third-order valence-corrected chi connectivity index (χ3v) is 2.83. The van der Waals surface area contributed by atoms with Crippen molar-refractivity contribution in [3.8, 4) is 23.1 Å². The molecule has 0 radical (unpaired) electrons. The van der Waals surface area contributed by atoms with Crippen LogP contribution in [0.3, 0.4) is 0 Å². The average Bonchev–Trinajstić information content (AvgIpc) is 2.47. The minimum Gasteiger partial charge on any atom is -0.496 e. The summed E-state index contributed by atoms with van der Waals surface area (Å²) in [5.74, 6) is 2.39. The molecule has 0 aliphatic rings. The molecule has 0 unspecified atom stereocenters. The zero-order chi connectivity index (χ0) is 14.5. The van der Waals surface area contributed by atoms with Crippen molar-refractivity contribution >= 4 is 0 Å². The lowest BCUT2D eigenvalue weighted by atomic mass is 10.1. The number of ether oxygens (including phenoxy) is 3. The van der Waals surface area contributed by atoms with Crippen LogP contribution < -0.4 is 19.9 Å². The molecule has 1 atom stereocenters. The van der Waals surface area contributed by atoms with Gasteiger partial charge >= 0.3 is 0 Å². The van der Waals surface area contributed by atoms with Crippen LogP contribution in [0.15, 0.2) is 36.5 Å². The van der Waals surface area contributed by atoms with E-state index in [1.54, 1.807) is 38.6 Å². The fraction of sp³-hybridized carbons (Fsp3) is 0.267. The van der Waals surface area contributed by atoms with Gasteiger partial charge in [0, 0.05) is 36.5 Å². The predicted octanol–water partition coefficient (Wildman–Crippen LogP) is 2.91. The van der Waals surface area contributed by atoms with Gasteiger partial charge in [-0.3, -0.25) is 0 Å². The van der Waals surface area contributed by atoms with Crippen LogP contribution in [-0.2, 0) is 0 Å². The van der Waals surface area contributed by atoms with Gasteiger partial charge in [0.1, 0.15) is 17.2 Å². The third kappa shape index (κ3) is 3.39. The lowest BCUT2D eigenvalue weighted by Crippen LogP contribution is -2.05. The Labute approximate surface area is 118 Å². The lowest BCUT2D eigenvalue weighted by Gasteiger charge is -2.11. The van der Waals surface area contributed by atoms with E-state index in [2.05, 4.69) is 4.98 Å². The van der Waals surface area contributed by atoms with Crippen LogP contribution in [0.4, 0.5) is 0 Å². The maximum atomic E-state index is 5.84. The standard InChI is InChI=1S/C15H18N2O3/c1-10(16)11-4-5-17-15(6-11)20-14-8-12(18-2)7-13(9-14)19-3/h4-10H,16H2,1-3H3/t10-/m1/s1. The molecule has 2 N–H and O–H groups in total. The van der Waals surface area contributed by atoms with Gasteiger partial charge in [-0.1, -0.05) is 0 Å². The number of benzene rings is 1. The van der Waals surface area contributed by atoms with Crippen molar-refractivity contribution in [2.45, 2.75) is 13.0 Å². The van der Waals surface area contributed by atoms with E-state index in [0.29, 0.717) is 23.1 Å². The fourth-order valence-electron chi connectivity index (χ4n) is 1.72. The third-order valence-electron chi connectivity index (χ3n) is 2.83. The molecule has 0 bridgehead atoms. The monoisotopic (exact) mass is 274 g/mol. The topological polar surface area (TPSA) is 66.6 Å². The number of aromatic nitrogens is 1. The Hall–Kier alpha value is -2.27. The molecule has 0 saturated heterocycles. The van der Waals surface area contributed by atoms with Crippen molar-refractivity contribution < 1.29 is 14.2 Å². The summed E-state index contributed by atoms with van der Waals surface area (Å²) < 4.78 is 16.1. The summed E-state index contributed by atoms with van der Waals surface area (Å²) in [5, 5.41) is 0. The van der Waals surface area contributed by atoms with Crippen LogP contribution in [-0.4, -0.2) is 19.2 Å².